The molecule has 0 saturated heterocycles. The summed E-state index contributed by atoms with van der Waals surface area (Å²) in [6, 6.07) is 15.6. The third kappa shape index (κ3) is 8.24. The van der Waals surface area contributed by atoms with Gasteiger partial charge in [-0.15, -0.1) is 0 Å². The maximum atomic E-state index is 12.8. The molecule has 2 aromatic rings. The molecular formula is C41H59NO4. The number of fused-ring (bicyclic) bond motifs is 5. The first-order valence-corrected chi connectivity index (χ1v) is 18.6. The summed E-state index contributed by atoms with van der Waals surface area (Å²) in [5.41, 5.74) is 3.45. The second-order valence-corrected chi connectivity index (χ2v) is 15.0. The summed E-state index contributed by atoms with van der Waals surface area (Å²) < 4.78 is 5.84. The molecule has 0 aromatic heterocycles. The van der Waals surface area contributed by atoms with Gasteiger partial charge in [0.2, 0.25) is 5.91 Å². The van der Waals surface area contributed by atoms with Gasteiger partial charge in [-0.3, -0.25) is 4.79 Å². The third-order valence-electron chi connectivity index (χ3n) is 12.0. The Labute approximate surface area is 278 Å². The van der Waals surface area contributed by atoms with Crippen LogP contribution in [0.5, 0.6) is 5.75 Å². The Bertz CT molecular complexity index is 1280. The molecule has 5 heteroatoms. The number of benzene rings is 2. The third-order valence-corrected chi connectivity index (χ3v) is 12.0. The summed E-state index contributed by atoms with van der Waals surface area (Å²) in [4.78, 5) is 26.9. The van der Waals surface area contributed by atoms with Crippen molar-refractivity contribution in [2.24, 2.45) is 23.2 Å². The van der Waals surface area contributed by atoms with Gasteiger partial charge in [-0.25, -0.2) is 4.79 Å². The van der Waals surface area contributed by atoms with Crippen molar-refractivity contribution < 1.29 is 19.4 Å². The van der Waals surface area contributed by atoms with E-state index in [0.717, 1.165) is 64.3 Å². The molecule has 0 bridgehead atoms. The highest BCUT2D eigenvalue weighted by atomic mass is 16.5. The molecule has 1 N–H and O–H groups in total. The van der Waals surface area contributed by atoms with Gasteiger partial charge in [0.1, 0.15) is 5.75 Å². The summed E-state index contributed by atoms with van der Waals surface area (Å²) in [6.45, 7) is 5.42. The number of aliphatic hydroxyl groups excluding tert-OH is 1. The summed E-state index contributed by atoms with van der Waals surface area (Å²) >= 11 is 0. The van der Waals surface area contributed by atoms with Crippen LogP contribution in [0.15, 0.2) is 48.5 Å². The molecular weight excluding hydrogens is 570 g/mol. The standard InChI is InChI=1S/C41H59NO4/c1-4-5-27-42(3)38(44)20-16-11-9-7-6-8-10-13-19-31-28-32-29-33(46-40(45)30-17-14-12-15-18-30)21-22-34(32)35-25-26-41(2)36(39(31)35)23-24-37(41)43/h12,14-15,17-18,21-22,29,31,35-37,39,43H,4-11,13,16,19-20,23-28H2,1-3H3/t31-,35?,36?,37+,39?,41?/m1/s1. The van der Waals surface area contributed by atoms with Gasteiger partial charge < -0.3 is 14.7 Å². The number of aliphatic hydroxyl groups is 1. The van der Waals surface area contributed by atoms with Crippen LogP contribution in [0.2, 0.25) is 0 Å². The van der Waals surface area contributed by atoms with Crippen LogP contribution in [0.25, 0.3) is 0 Å². The first-order valence-electron chi connectivity index (χ1n) is 18.6. The molecule has 3 aliphatic carbocycles. The van der Waals surface area contributed by atoms with E-state index in [2.05, 4.69) is 26.0 Å². The lowest BCUT2D eigenvalue weighted by Gasteiger charge is -2.53. The Morgan fingerprint density at radius 1 is 0.913 bits per heavy atom. The van der Waals surface area contributed by atoms with Crippen LogP contribution in [-0.4, -0.2) is 41.6 Å². The fourth-order valence-electron chi connectivity index (χ4n) is 9.28. The Morgan fingerprint density at radius 2 is 1.63 bits per heavy atom. The van der Waals surface area contributed by atoms with Crippen LogP contribution in [0, 0.1) is 23.2 Å². The van der Waals surface area contributed by atoms with Crippen molar-refractivity contribution in [3.05, 3.63) is 65.2 Å². The van der Waals surface area contributed by atoms with Crippen LogP contribution in [0.1, 0.15) is 144 Å². The number of carbonyl (C=O) groups is 2. The van der Waals surface area contributed by atoms with E-state index < -0.39 is 0 Å². The van der Waals surface area contributed by atoms with Crippen molar-refractivity contribution >= 4 is 11.9 Å². The summed E-state index contributed by atoms with van der Waals surface area (Å²) in [7, 11) is 1.94. The Morgan fingerprint density at radius 3 is 2.37 bits per heavy atom. The molecule has 0 spiro atoms. The zero-order valence-electron chi connectivity index (χ0n) is 28.9. The lowest BCUT2D eigenvalue weighted by Crippen LogP contribution is -2.47. The Hall–Kier alpha value is -2.66. The second kappa shape index (κ2) is 16.4. The maximum absolute atomic E-state index is 12.8. The normalized spacial score (nSPS) is 26.6. The summed E-state index contributed by atoms with van der Waals surface area (Å²) in [5.74, 6) is 3.01. The molecule has 2 aromatic carbocycles. The van der Waals surface area contributed by atoms with Gasteiger partial charge in [-0.05, 0) is 116 Å². The topological polar surface area (TPSA) is 66.8 Å². The van der Waals surface area contributed by atoms with Gasteiger partial charge in [0, 0.05) is 20.0 Å². The molecule has 3 aliphatic rings. The van der Waals surface area contributed by atoms with E-state index in [1.807, 2.05) is 36.2 Å². The first kappa shape index (κ1) is 34.7. The fourth-order valence-corrected chi connectivity index (χ4v) is 9.28. The molecule has 2 saturated carbocycles. The van der Waals surface area contributed by atoms with Gasteiger partial charge in [0.25, 0.3) is 0 Å². The Balaban J connectivity index is 1.12. The molecule has 46 heavy (non-hydrogen) atoms. The number of hydrogen-bond donors (Lipinski definition) is 1. The van der Waals surface area contributed by atoms with Crippen molar-refractivity contribution in [1.29, 1.82) is 0 Å². The maximum Gasteiger partial charge on any atom is 0.343 e. The molecule has 0 aliphatic heterocycles. The highest BCUT2D eigenvalue weighted by Gasteiger charge is 2.56. The summed E-state index contributed by atoms with van der Waals surface area (Å²) in [6.07, 6.45) is 19.2. The van der Waals surface area contributed by atoms with E-state index in [1.165, 1.54) is 56.1 Å². The number of nitrogens with zero attached hydrogens (tertiary/aromatic N) is 1. The molecule has 252 valence electrons. The van der Waals surface area contributed by atoms with Crippen LogP contribution in [0.3, 0.4) is 0 Å². The van der Waals surface area contributed by atoms with Crippen molar-refractivity contribution in [1.82, 2.24) is 4.90 Å². The molecule has 5 nitrogen and oxygen atoms in total. The molecule has 5 rings (SSSR count). The predicted octanol–water partition coefficient (Wildman–Crippen LogP) is 9.51. The smallest absolute Gasteiger partial charge is 0.343 e. The molecule has 1 amide bonds. The van der Waals surface area contributed by atoms with Gasteiger partial charge >= 0.3 is 5.97 Å². The molecule has 2 fully saturated rings. The lowest BCUT2D eigenvalue weighted by molar-refractivity contribution is -0.130. The number of esters is 1. The van der Waals surface area contributed by atoms with E-state index in [-0.39, 0.29) is 17.5 Å². The van der Waals surface area contributed by atoms with Crippen molar-refractivity contribution in [3.8, 4) is 5.75 Å². The van der Waals surface area contributed by atoms with Crippen LogP contribution in [-0.2, 0) is 11.2 Å². The van der Waals surface area contributed by atoms with Crippen molar-refractivity contribution in [3.63, 3.8) is 0 Å². The zero-order chi connectivity index (χ0) is 32.5. The van der Waals surface area contributed by atoms with E-state index in [4.69, 9.17) is 4.74 Å². The van der Waals surface area contributed by atoms with E-state index in [0.29, 0.717) is 47.3 Å². The van der Waals surface area contributed by atoms with Crippen molar-refractivity contribution in [2.45, 2.75) is 135 Å². The summed E-state index contributed by atoms with van der Waals surface area (Å²) in [5, 5.41) is 11.0. The predicted molar refractivity (Wildman–Crippen MR) is 186 cm³/mol. The van der Waals surface area contributed by atoms with Gasteiger partial charge in [-0.2, -0.15) is 0 Å². The molecule has 6 atom stereocenters. The number of ether oxygens (including phenoxy) is 1. The number of amides is 1. The quantitative estimate of drug-likeness (QED) is 0.114. The van der Waals surface area contributed by atoms with Gasteiger partial charge in [0.05, 0.1) is 11.7 Å². The van der Waals surface area contributed by atoms with Crippen molar-refractivity contribution in [2.75, 3.05) is 13.6 Å². The number of unbranched alkanes of at least 4 members (excludes halogenated alkanes) is 8. The van der Waals surface area contributed by atoms with Crippen LogP contribution < -0.4 is 4.74 Å². The van der Waals surface area contributed by atoms with E-state index in [9.17, 15) is 14.7 Å². The number of carbonyl (C=O) groups excluding carboxylic acids is 2. The number of rotatable bonds is 16. The monoisotopic (exact) mass is 629 g/mol. The van der Waals surface area contributed by atoms with Gasteiger partial charge in [0.15, 0.2) is 0 Å². The highest BCUT2D eigenvalue weighted by Crippen LogP contribution is 2.62. The minimum absolute atomic E-state index is 0.0532. The zero-order valence-corrected chi connectivity index (χ0v) is 28.9. The largest absolute Gasteiger partial charge is 0.423 e. The molecule has 0 heterocycles. The SMILES string of the molecule is CCCCN(C)C(=O)CCCCCCCCCC[C@@H]1Cc2cc(OC(=O)c3ccccc3)ccc2C2CCC3(C)C(CC[C@@H]3O)C21. The van der Waals surface area contributed by atoms with Crippen LogP contribution >= 0.6 is 0 Å². The van der Waals surface area contributed by atoms with E-state index in [1.54, 1.807) is 12.1 Å². The molecule has 4 unspecified atom stereocenters. The van der Waals surface area contributed by atoms with Crippen LogP contribution in [0.4, 0.5) is 0 Å². The second-order valence-electron chi connectivity index (χ2n) is 15.0. The van der Waals surface area contributed by atoms with Gasteiger partial charge in [-0.1, -0.05) is 89.5 Å². The Kier molecular flexibility index (Phi) is 12.4. The first-order chi connectivity index (χ1) is 22.3. The number of hydrogen-bond acceptors (Lipinski definition) is 4. The van der Waals surface area contributed by atoms with E-state index >= 15 is 0 Å². The highest BCUT2D eigenvalue weighted by molar-refractivity contribution is 5.91. The lowest BCUT2D eigenvalue weighted by atomic mass is 9.52. The minimum atomic E-state index is -0.303. The molecule has 0 radical (unpaired) electrons. The fraction of sp³-hybridized carbons (Fsp3) is 0.659. The minimum Gasteiger partial charge on any atom is -0.423 e. The average Bonchev–Trinajstić information content (AvgIpc) is 3.37. The average molecular weight is 630 g/mol.